The number of ether oxygens (including phenoxy) is 1. The van der Waals surface area contributed by atoms with Gasteiger partial charge in [0.1, 0.15) is 5.75 Å². The lowest BCUT2D eigenvalue weighted by Gasteiger charge is -2.19. The van der Waals surface area contributed by atoms with Crippen LogP contribution in [0.2, 0.25) is 0 Å². The average Bonchev–Trinajstić information content (AvgIpc) is 3.00. The van der Waals surface area contributed by atoms with Crippen LogP contribution >= 0.6 is 15.9 Å². The van der Waals surface area contributed by atoms with Crippen LogP contribution in [0.1, 0.15) is 22.8 Å². The number of aryl methyl sites for hydroxylation is 1. The first-order valence-electron chi connectivity index (χ1n) is 8.21. The highest BCUT2D eigenvalue weighted by atomic mass is 79.9. The third kappa shape index (κ3) is 3.42. The predicted octanol–water partition coefficient (Wildman–Crippen LogP) is 4.70. The largest absolute Gasteiger partial charge is 0.496 e. The second kappa shape index (κ2) is 7.31. The molecule has 0 saturated heterocycles. The number of hydrogen-bond acceptors (Lipinski definition) is 2. The molecule has 1 heterocycles. The number of hydrogen-bond donors (Lipinski definition) is 0. The quantitative estimate of drug-likeness (QED) is 0.621. The predicted molar refractivity (Wildman–Crippen MR) is 104 cm³/mol. The molecule has 0 unspecified atom stereocenters. The topological polar surface area (TPSA) is 34.5 Å². The Balaban J connectivity index is 1.92. The highest BCUT2D eigenvalue weighted by Gasteiger charge is 2.19. The molecule has 0 aliphatic carbocycles. The van der Waals surface area contributed by atoms with E-state index in [1.54, 1.807) is 12.0 Å². The molecule has 0 aliphatic heterocycles. The van der Waals surface area contributed by atoms with Crippen molar-refractivity contribution >= 4 is 32.7 Å². The minimum absolute atomic E-state index is 0.00503. The summed E-state index contributed by atoms with van der Waals surface area (Å²) in [5.74, 6) is 0.782. The van der Waals surface area contributed by atoms with Gasteiger partial charge in [-0.3, -0.25) is 4.79 Å². The van der Waals surface area contributed by atoms with E-state index in [1.807, 2.05) is 55.7 Å². The highest BCUT2D eigenvalue weighted by molar-refractivity contribution is 9.10. The number of nitrogens with zero attached hydrogens (tertiary/aromatic N) is 2. The van der Waals surface area contributed by atoms with E-state index in [4.69, 9.17) is 4.74 Å². The highest BCUT2D eigenvalue weighted by Crippen LogP contribution is 2.26. The Morgan fingerprint density at radius 3 is 2.72 bits per heavy atom. The van der Waals surface area contributed by atoms with Crippen LogP contribution in [0.5, 0.6) is 5.75 Å². The van der Waals surface area contributed by atoms with Crippen LogP contribution in [0.15, 0.2) is 53.1 Å². The molecular weight excluding hydrogens is 380 g/mol. The van der Waals surface area contributed by atoms with Gasteiger partial charge in [0, 0.05) is 47.3 Å². The molecule has 0 aliphatic rings. The lowest BCUT2D eigenvalue weighted by molar-refractivity contribution is 0.0786. The molecular formula is C20H21BrN2O2. The zero-order chi connectivity index (χ0) is 18.0. The molecule has 3 rings (SSSR count). The van der Waals surface area contributed by atoms with Gasteiger partial charge in [0.05, 0.1) is 12.7 Å². The van der Waals surface area contributed by atoms with Crippen LogP contribution in [0.4, 0.5) is 0 Å². The minimum Gasteiger partial charge on any atom is -0.496 e. The van der Waals surface area contributed by atoms with Crippen molar-refractivity contribution in [1.29, 1.82) is 0 Å². The molecule has 3 aromatic rings. The molecule has 0 bridgehead atoms. The van der Waals surface area contributed by atoms with Crippen molar-refractivity contribution in [1.82, 2.24) is 9.47 Å². The number of benzene rings is 2. The Hall–Kier alpha value is -2.27. The summed E-state index contributed by atoms with van der Waals surface area (Å²) < 4.78 is 8.49. The van der Waals surface area contributed by atoms with Crippen LogP contribution in [0, 0.1) is 0 Å². The van der Waals surface area contributed by atoms with Gasteiger partial charge in [-0.15, -0.1) is 0 Å². The lowest BCUT2D eigenvalue weighted by atomic mass is 10.1. The van der Waals surface area contributed by atoms with E-state index in [2.05, 4.69) is 27.4 Å². The van der Waals surface area contributed by atoms with Gasteiger partial charge >= 0.3 is 0 Å². The van der Waals surface area contributed by atoms with Gasteiger partial charge in [-0.05, 0) is 31.2 Å². The number of methoxy groups -OCH3 is 1. The number of rotatable bonds is 5. The molecule has 1 amide bonds. The van der Waals surface area contributed by atoms with Crippen molar-refractivity contribution in [3.05, 3.63) is 64.3 Å². The van der Waals surface area contributed by atoms with Gasteiger partial charge in [0.25, 0.3) is 5.91 Å². The summed E-state index contributed by atoms with van der Waals surface area (Å²) in [6.45, 7) is 3.39. The van der Waals surface area contributed by atoms with Crippen molar-refractivity contribution in [2.75, 3.05) is 14.2 Å². The lowest BCUT2D eigenvalue weighted by Crippen LogP contribution is -2.26. The number of carbonyl (C=O) groups excluding carboxylic acids is 1. The summed E-state index contributed by atoms with van der Waals surface area (Å²) in [5, 5.41) is 0.988. The van der Waals surface area contributed by atoms with Gasteiger partial charge in [0.2, 0.25) is 0 Å². The molecule has 5 heteroatoms. The second-order valence-corrected chi connectivity index (χ2v) is 6.88. The van der Waals surface area contributed by atoms with E-state index in [0.717, 1.165) is 38.8 Å². The summed E-state index contributed by atoms with van der Waals surface area (Å²) in [6.07, 6.45) is 1.95. The number of aromatic nitrogens is 1. The van der Waals surface area contributed by atoms with E-state index >= 15 is 0 Å². The summed E-state index contributed by atoms with van der Waals surface area (Å²) in [6, 6.07) is 13.8. The zero-order valence-electron chi connectivity index (χ0n) is 14.6. The molecule has 25 heavy (non-hydrogen) atoms. The fourth-order valence-corrected chi connectivity index (χ4v) is 3.49. The Labute approximate surface area is 156 Å². The third-order valence-electron chi connectivity index (χ3n) is 4.36. The molecule has 0 radical (unpaired) electrons. The van der Waals surface area contributed by atoms with Crippen molar-refractivity contribution in [2.45, 2.75) is 20.0 Å². The van der Waals surface area contributed by atoms with Crippen LogP contribution in [-0.2, 0) is 13.1 Å². The average molecular weight is 401 g/mol. The van der Waals surface area contributed by atoms with Gasteiger partial charge in [-0.1, -0.05) is 34.1 Å². The molecule has 2 aromatic carbocycles. The van der Waals surface area contributed by atoms with E-state index in [0.29, 0.717) is 6.54 Å². The Kier molecular flexibility index (Phi) is 5.13. The monoisotopic (exact) mass is 400 g/mol. The molecule has 1 aromatic heterocycles. The number of halogens is 1. The van der Waals surface area contributed by atoms with Crippen molar-refractivity contribution < 1.29 is 9.53 Å². The summed E-state index contributed by atoms with van der Waals surface area (Å²) in [7, 11) is 3.46. The first-order valence-corrected chi connectivity index (χ1v) is 9.00. The maximum absolute atomic E-state index is 13.0. The number of para-hydroxylation sites is 1. The summed E-state index contributed by atoms with van der Waals surface area (Å²) in [5.41, 5.74) is 2.78. The molecule has 0 N–H and O–H groups in total. The summed E-state index contributed by atoms with van der Waals surface area (Å²) >= 11 is 3.48. The van der Waals surface area contributed by atoms with Crippen LogP contribution < -0.4 is 4.74 Å². The van der Waals surface area contributed by atoms with E-state index in [9.17, 15) is 4.79 Å². The number of amides is 1. The maximum atomic E-state index is 13.0. The molecule has 0 spiro atoms. The molecule has 130 valence electrons. The van der Waals surface area contributed by atoms with Crippen LogP contribution in [0.3, 0.4) is 0 Å². The van der Waals surface area contributed by atoms with Gasteiger partial charge in [-0.25, -0.2) is 0 Å². The first kappa shape index (κ1) is 17.5. The second-order valence-electron chi connectivity index (χ2n) is 5.96. The normalized spacial score (nSPS) is 10.9. The van der Waals surface area contributed by atoms with E-state index < -0.39 is 0 Å². The SMILES string of the molecule is CCn1cc(C(=O)N(C)Cc2cc(Br)ccc2OC)c2ccccc21. The molecule has 0 fully saturated rings. The third-order valence-corrected chi connectivity index (χ3v) is 4.85. The minimum atomic E-state index is 0.00503. The summed E-state index contributed by atoms with van der Waals surface area (Å²) in [4.78, 5) is 14.8. The Bertz CT molecular complexity index is 917. The van der Waals surface area contributed by atoms with Gasteiger partial charge in [-0.2, -0.15) is 0 Å². The van der Waals surface area contributed by atoms with Crippen LogP contribution in [-0.4, -0.2) is 29.5 Å². The van der Waals surface area contributed by atoms with E-state index in [1.165, 1.54) is 0 Å². The number of carbonyl (C=O) groups is 1. The van der Waals surface area contributed by atoms with Gasteiger partial charge < -0.3 is 14.2 Å². The van der Waals surface area contributed by atoms with Gasteiger partial charge in [0.15, 0.2) is 0 Å². The zero-order valence-corrected chi connectivity index (χ0v) is 16.2. The smallest absolute Gasteiger partial charge is 0.256 e. The van der Waals surface area contributed by atoms with Crippen molar-refractivity contribution in [3.8, 4) is 5.75 Å². The fourth-order valence-electron chi connectivity index (χ4n) is 3.08. The maximum Gasteiger partial charge on any atom is 0.256 e. The molecule has 0 saturated carbocycles. The number of fused-ring (bicyclic) bond motifs is 1. The van der Waals surface area contributed by atoms with Crippen molar-refractivity contribution in [3.63, 3.8) is 0 Å². The van der Waals surface area contributed by atoms with Crippen LogP contribution in [0.25, 0.3) is 10.9 Å². The van der Waals surface area contributed by atoms with E-state index in [-0.39, 0.29) is 5.91 Å². The Morgan fingerprint density at radius 1 is 1.24 bits per heavy atom. The first-order chi connectivity index (χ1) is 12.0. The molecule has 4 nitrogen and oxygen atoms in total. The Morgan fingerprint density at radius 2 is 2.00 bits per heavy atom. The fraction of sp³-hybridized carbons (Fsp3) is 0.250. The molecule has 0 atom stereocenters. The van der Waals surface area contributed by atoms with Crippen molar-refractivity contribution in [2.24, 2.45) is 0 Å². The standard InChI is InChI=1S/C20H21BrN2O2/c1-4-23-13-17(16-7-5-6-8-18(16)23)20(24)22(2)12-14-11-15(21)9-10-19(14)25-3/h5-11,13H,4,12H2,1-3H3.